The quantitative estimate of drug-likeness (QED) is 0.666. The van der Waals surface area contributed by atoms with Gasteiger partial charge in [-0.05, 0) is 36.8 Å². The lowest BCUT2D eigenvalue weighted by atomic mass is 9.89. The molecule has 3 N–H and O–H groups in total. The monoisotopic (exact) mass is 441 g/mol. The van der Waals surface area contributed by atoms with Gasteiger partial charge in [0.05, 0.1) is 12.2 Å². The van der Waals surface area contributed by atoms with Gasteiger partial charge in [0.1, 0.15) is 17.6 Å². The molecule has 2 aromatic rings. The normalized spacial score (nSPS) is 22.1. The van der Waals surface area contributed by atoms with Crippen molar-refractivity contribution in [3.8, 4) is 6.07 Å². The third kappa shape index (κ3) is 4.08. The number of benzene rings is 1. The molecular weight excluding hydrogens is 425 g/mol. The molecule has 2 aliphatic rings. The zero-order valence-electron chi connectivity index (χ0n) is 16.0. The molecular formula is C20H16FN5O4S. The van der Waals surface area contributed by atoms with Gasteiger partial charge < -0.3 is 15.2 Å². The topological polar surface area (TPSA) is 137 Å². The fourth-order valence-electron chi connectivity index (χ4n) is 3.53. The van der Waals surface area contributed by atoms with E-state index >= 15 is 0 Å². The number of fused-ring (bicyclic) bond motifs is 1. The second-order valence-corrected chi connectivity index (χ2v) is 7.89. The molecule has 0 bridgehead atoms. The van der Waals surface area contributed by atoms with Crippen LogP contribution in [0.25, 0.3) is 0 Å². The number of thioether (sulfide) groups is 1. The first-order chi connectivity index (χ1) is 14.9. The van der Waals surface area contributed by atoms with Crippen LogP contribution in [-0.2, 0) is 10.5 Å². The average Bonchev–Trinajstić information content (AvgIpc) is 3.18. The SMILES string of the molecule is N#Cc1ccc(C(=O)Nc2ccc(F)c([C@@]34N=C(NC(=O)O)SC[C@@H]3CCO4)c2)nc1. The van der Waals surface area contributed by atoms with Crippen molar-refractivity contribution in [2.75, 3.05) is 17.7 Å². The number of carboxylic acid groups (broad SMARTS) is 1. The maximum Gasteiger partial charge on any atom is 0.410 e. The number of aromatic nitrogens is 1. The molecule has 4 rings (SSSR count). The van der Waals surface area contributed by atoms with Gasteiger partial charge in [-0.25, -0.2) is 19.2 Å². The van der Waals surface area contributed by atoms with E-state index in [-0.39, 0.29) is 22.3 Å². The lowest BCUT2D eigenvalue weighted by molar-refractivity contribution is -0.0172. The second-order valence-electron chi connectivity index (χ2n) is 6.88. The Morgan fingerprint density at radius 1 is 1.32 bits per heavy atom. The molecule has 3 heterocycles. The number of amidine groups is 1. The van der Waals surface area contributed by atoms with Crippen molar-refractivity contribution in [1.29, 1.82) is 5.26 Å². The number of carbonyl (C=O) groups is 2. The van der Waals surface area contributed by atoms with E-state index in [9.17, 15) is 14.0 Å². The first kappa shape index (κ1) is 20.8. The van der Waals surface area contributed by atoms with Crippen molar-refractivity contribution < 1.29 is 23.8 Å². The van der Waals surface area contributed by atoms with Gasteiger partial charge in [0.2, 0.25) is 0 Å². The summed E-state index contributed by atoms with van der Waals surface area (Å²) in [5.74, 6) is -0.756. The Kier molecular flexibility index (Phi) is 5.58. The van der Waals surface area contributed by atoms with E-state index in [1.165, 1.54) is 48.3 Å². The van der Waals surface area contributed by atoms with E-state index in [4.69, 9.17) is 15.1 Å². The standard InChI is InChI=1S/C20H16FN5O4S/c21-15-3-2-13(24-17(27)16-4-1-11(8-22)9-23-16)7-14(15)20-12(5-6-30-20)10-31-18(26-20)25-19(28)29/h1-4,7,9,12H,5-6,10H2,(H,24,27)(H,25,26)(H,28,29)/t12-,20+/m0/s1. The van der Waals surface area contributed by atoms with Gasteiger partial charge in [0.25, 0.3) is 5.91 Å². The number of pyridine rings is 1. The largest absolute Gasteiger partial charge is 0.465 e. The Bertz CT molecular complexity index is 1120. The molecule has 158 valence electrons. The van der Waals surface area contributed by atoms with Crippen LogP contribution in [-0.4, -0.2) is 39.6 Å². The van der Waals surface area contributed by atoms with Gasteiger partial charge in [0.15, 0.2) is 10.9 Å². The van der Waals surface area contributed by atoms with Crippen LogP contribution < -0.4 is 10.6 Å². The molecule has 11 heteroatoms. The van der Waals surface area contributed by atoms with Crippen LogP contribution >= 0.6 is 11.8 Å². The molecule has 0 saturated carbocycles. The average molecular weight is 441 g/mol. The molecule has 1 saturated heterocycles. The lowest BCUT2D eigenvalue weighted by Crippen LogP contribution is -2.41. The number of nitrogens with zero attached hydrogens (tertiary/aromatic N) is 3. The highest BCUT2D eigenvalue weighted by Gasteiger charge is 2.50. The predicted molar refractivity (Wildman–Crippen MR) is 110 cm³/mol. The number of carbonyl (C=O) groups excluding carboxylic acids is 1. The highest BCUT2D eigenvalue weighted by atomic mass is 32.2. The summed E-state index contributed by atoms with van der Waals surface area (Å²) in [4.78, 5) is 31.9. The van der Waals surface area contributed by atoms with Crippen molar-refractivity contribution in [3.05, 3.63) is 59.2 Å². The summed E-state index contributed by atoms with van der Waals surface area (Å²) in [5, 5.41) is 22.8. The molecule has 0 spiro atoms. The Hall–Kier alpha value is -3.49. The highest BCUT2D eigenvalue weighted by Crippen LogP contribution is 2.48. The van der Waals surface area contributed by atoms with Gasteiger partial charge in [-0.2, -0.15) is 5.26 Å². The molecule has 9 nitrogen and oxygen atoms in total. The first-order valence-electron chi connectivity index (χ1n) is 9.25. The van der Waals surface area contributed by atoms with E-state index in [0.29, 0.717) is 30.0 Å². The van der Waals surface area contributed by atoms with E-state index in [1.807, 2.05) is 6.07 Å². The number of amides is 2. The molecule has 0 unspecified atom stereocenters. The third-order valence-electron chi connectivity index (χ3n) is 4.98. The Morgan fingerprint density at radius 3 is 2.87 bits per heavy atom. The summed E-state index contributed by atoms with van der Waals surface area (Å²) in [6, 6.07) is 8.85. The van der Waals surface area contributed by atoms with Crippen LogP contribution in [0.4, 0.5) is 14.9 Å². The zero-order valence-corrected chi connectivity index (χ0v) is 16.8. The predicted octanol–water partition coefficient (Wildman–Crippen LogP) is 2.90. The Morgan fingerprint density at radius 2 is 2.16 bits per heavy atom. The zero-order chi connectivity index (χ0) is 22.0. The van der Waals surface area contributed by atoms with Crippen molar-refractivity contribution in [3.63, 3.8) is 0 Å². The number of hydrogen-bond acceptors (Lipinski definition) is 7. The van der Waals surface area contributed by atoms with Gasteiger partial charge in [-0.15, -0.1) is 0 Å². The summed E-state index contributed by atoms with van der Waals surface area (Å²) < 4.78 is 20.7. The van der Waals surface area contributed by atoms with Crippen molar-refractivity contribution >= 4 is 34.6 Å². The summed E-state index contributed by atoms with van der Waals surface area (Å²) in [7, 11) is 0. The molecule has 2 aliphatic heterocycles. The van der Waals surface area contributed by atoms with Crippen LogP contribution in [0.2, 0.25) is 0 Å². The van der Waals surface area contributed by atoms with Crippen molar-refractivity contribution in [2.24, 2.45) is 10.9 Å². The summed E-state index contributed by atoms with van der Waals surface area (Å²) in [6.45, 7) is 0.347. The van der Waals surface area contributed by atoms with Crippen molar-refractivity contribution in [2.45, 2.75) is 12.1 Å². The van der Waals surface area contributed by atoms with Gasteiger partial charge >= 0.3 is 6.09 Å². The lowest BCUT2D eigenvalue weighted by Gasteiger charge is -2.35. The van der Waals surface area contributed by atoms with Gasteiger partial charge in [-0.1, -0.05) is 11.8 Å². The number of hydrogen-bond donors (Lipinski definition) is 3. The number of halogens is 1. The van der Waals surface area contributed by atoms with Gasteiger partial charge in [-0.3, -0.25) is 10.1 Å². The van der Waals surface area contributed by atoms with Crippen molar-refractivity contribution in [1.82, 2.24) is 10.3 Å². The third-order valence-corrected chi connectivity index (χ3v) is 6.02. The molecule has 1 aromatic heterocycles. The van der Waals surface area contributed by atoms with Gasteiger partial charge in [0, 0.05) is 29.1 Å². The van der Waals surface area contributed by atoms with Crippen LogP contribution in [0.15, 0.2) is 41.5 Å². The minimum absolute atomic E-state index is 0.0954. The van der Waals surface area contributed by atoms with Crippen LogP contribution in [0, 0.1) is 23.1 Å². The molecule has 0 radical (unpaired) electrons. The maximum atomic E-state index is 14.9. The summed E-state index contributed by atoms with van der Waals surface area (Å²) in [5.41, 5.74) is -0.537. The molecule has 1 fully saturated rings. The molecule has 31 heavy (non-hydrogen) atoms. The maximum absolute atomic E-state index is 14.9. The van der Waals surface area contributed by atoms with E-state index in [0.717, 1.165) is 0 Å². The Labute approximate surface area is 180 Å². The highest BCUT2D eigenvalue weighted by molar-refractivity contribution is 8.13. The van der Waals surface area contributed by atoms with E-state index in [2.05, 4.69) is 20.6 Å². The smallest absolute Gasteiger partial charge is 0.410 e. The fraction of sp³-hybridized carbons (Fsp3) is 0.250. The fourth-order valence-corrected chi connectivity index (χ4v) is 4.64. The second kappa shape index (κ2) is 8.33. The minimum Gasteiger partial charge on any atom is -0.465 e. The molecule has 0 aliphatic carbocycles. The molecule has 1 aromatic carbocycles. The minimum atomic E-state index is -1.37. The van der Waals surface area contributed by atoms with E-state index in [1.54, 1.807) is 0 Å². The number of anilines is 1. The first-order valence-corrected chi connectivity index (χ1v) is 10.2. The van der Waals surface area contributed by atoms with Crippen LogP contribution in [0.5, 0.6) is 0 Å². The number of nitrogens with one attached hydrogen (secondary N) is 2. The number of ether oxygens (including phenoxy) is 1. The number of nitriles is 1. The summed E-state index contributed by atoms with van der Waals surface area (Å²) in [6.07, 6.45) is 0.656. The molecule has 2 amide bonds. The Balaban J connectivity index is 1.66. The van der Waals surface area contributed by atoms with Crippen LogP contribution in [0.1, 0.15) is 28.0 Å². The van der Waals surface area contributed by atoms with E-state index < -0.39 is 23.5 Å². The number of aliphatic imine (C=N–C) groups is 1. The molecule has 2 atom stereocenters. The summed E-state index contributed by atoms with van der Waals surface area (Å²) >= 11 is 1.24. The number of rotatable bonds is 3. The van der Waals surface area contributed by atoms with Crippen LogP contribution in [0.3, 0.4) is 0 Å².